The Morgan fingerprint density at radius 2 is 1.93 bits per heavy atom. The second-order valence-electron chi connectivity index (χ2n) is 6.15. The molecule has 0 aliphatic rings. The number of guanidine groups is 1. The molecule has 0 aliphatic heterocycles. The van der Waals surface area contributed by atoms with Gasteiger partial charge in [0.1, 0.15) is 5.75 Å². The second-order valence-corrected chi connectivity index (χ2v) is 7.07. The minimum atomic E-state index is -0.0462. The zero-order valence-electron chi connectivity index (χ0n) is 16.9. The number of anilines is 1. The van der Waals surface area contributed by atoms with Gasteiger partial charge in [0.05, 0.1) is 6.61 Å². The van der Waals surface area contributed by atoms with Gasteiger partial charge in [-0.05, 0) is 43.7 Å². The molecule has 0 spiro atoms. The first-order valence-corrected chi connectivity index (χ1v) is 10.0. The van der Waals surface area contributed by atoms with E-state index in [-0.39, 0.29) is 29.9 Å². The summed E-state index contributed by atoms with van der Waals surface area (Å²) in [4.78, 5) is 16.4. The van der Waals surface area contributed by atoms with Crippen LogP contribution in [0.25, 0.3) is 0 Å². The number of hydrogen-bond donors (Lipinski definition) is 3. The van der Waals surface area contributed by atoms with E-state index < -0.39 is 0 Å². The summed E-state index contributed by atoms with van der Waals surface area (Å²) in [6.45, 7) is 5.61. The van der Waals surface area contributed by atoms with Crippen LogP contribution in [0.4, 0.5) is 5.69 Å². The van der Waals surface area contributed by atoms with Crippen LogP contribution in [-0.4, -0.2) is 32.1 Å². The smallest absolute Gasteiger partial charge is 0.226 e. The highest BCUT2D eigenvalue weighted by molar-refractivity contribution is 14.0. The minimum absolute atomic E-state index is 0. The highest BCUT2D eigenvalue weighted by Gasteiger charge is 2.07. The molecule has 0 aliphatic carbocycles. The lowest BCUT2D eigenvalue weighted by molar-refractivity contribution is -0.116. The van der Waals surface area contributed by atoms with Crippen LogP contribution in [0.15, 0.2) is 51.9 Å². The third kappa shape index (κ3) is 8.61. The Morgan fingerprint density at radius 3 is 2.62 bits per heavy atom. The van der Waals surface area contributed by atoms with Gasteiger partial charge in [0.2, 0.25) is 5.91 Å². The standard InChI is InChI=1S/C21H27BrN4O2.HI/c1-4-28-19-8-6-5-7-16(19)14-25-21(23-3)24-12-11-20(27)26-18-10-9-17(22)13-15(18)2;/h5-10,13H,4,11-12,14H2,1-3H3,(H,26,27)(H2,23,24,25);1H. The van der Waals surface area contributed by atoms with E-state index in [9.17, 15) is 4.79 Å². The second kappa shape index (κ2) is 13.4. The molecule has 158 valence electrons. The molecule has 0 radical (unpaired) electrons. The van der Waals surface area contributed by atoms with Crippen LogP contribution in [0.5, 0.6) is 5.75 Å². The van der Waals surface area contributed by atoms with Gasteiger partial charge in [-0.3, -0.25) is 9.79 Å². The Bertz CT molecular complexity index is 830. The topological polar surface area (TPSA) is 74.8 Å². The lowest BCUT2D eigenvalue weighted by Crippen LogP contribution is -2.38. The van der Waals surface area contributed by atoms with Gasteiger partial charge in [0.15, 0.2) is 5.96 Å². The van der Waals surface area contributed by atoms with Crippen LogP contribution >= 0.6 is 39.9 Å². The van der Waals surface area contributed by atoms with Crippen molar-refractivity contribution in [2.45, 2.75) is 26.8 Å². The van der Waals surface area contributed by atoms with Gasteiger partial charge in [-0.2, -0.15) is 0 Å². The summed E-state index contributed by atoms with van der Waals surface area (Å²) in [5.74, 6) is 1.45. The Labute approximate surface area is 198 Å². The van der Waals surface area contributed by atoms with Gasteiger partial charge in [0, 0.05) is 42.3 Å². The number of ether oxygens (including phenoxy) is 1. The molecule has 29 heavy (non-hydrogen) atoms. The molecule has 6 nitrogen and oxygen atoms in total. The normalized spacial score (nSPS) is 10.7. The number of aliphatic imine (C=N–C) groups is 1. The zero-order chi connectivity index (χ0) is 20.4. The maximum Gasteiger partial charge on any atom is 0.226 e. The molecule has 0 unspecified atom stereocenters. The van der Waals surface area contributed by atoms with Crippen molar-refractivity contribution in [2.24, 2.45) is 4.99 Å². The number of benzene rings is 2. The molecule has 0 aromatic heterocycles. The van der Waals surface area contributed by atoms with Crippen molar-refractivity contribution in [1.82, 2.24) is 10.6 Å². The number of halogens is 2. The molecule has 0 saturated carbocycles. The molecule has 0 bridgehead atoms. The van der Waals surface area contributed by atoms with E-state index in [0.717, 1.165) is 27.0 Å². The average Bonchev–Trinajstić information content (AvgIpc) is 2.68. The van der Waals surface area contributed by atoms with E-state index >= 15 is 0 Å². The Kier molecular flexibility index (Phi) is 11.7. The molecule has 0 atom stereocenters. The summed E-state index contributed by atoms with van der Waals surface area (Å²) >= 11 is 3.42. The quantitative estimate of drug-likeness (QED) is 0.247. The first-order chi connectivity index (χ1) is 13.5. The first-order valence-electron chi connectivity index (χ1n) is 9.24. The Morgan fingerprint density at radius 1 is 1.17 bits per heavy atom. The lowest BCUT2D eigenvalue weighted by atomic mass is 10.2. The van der Waals surface area contributed by atoms with Gasteiger partial charge < -0.3 is 20.7 Å². The van der Waals surface area contributed by atoms with E-state index in [4.69, 9.17) is 4.74 Å². The van der Waals surface area contributed by atoms with E-state index in [2.05, 4.69) is 36.9 Å². The summed E-state index contributed by atoms with van der Waals surface area (Å²) in [7, 11) is 1.70. The van der Waals surface area contributed by atoms with Crippen LogP contribution in [0.2, 0.25) is 0 Å². The van der Waals surface area contributed by atoms with Crippen molar-refractivity contribution in [3.05, 3.63) is 58.1 Å². The first kappa shape index (κ1) is 25.2. The number of carbonyl (C=O) groups is 1. The molecule has 3 N–H and O–H groups in total. The Hall–Kier alpha value is -1.81. The number of carbonyl (C=O) groups excluding carboxylic acids is 1. The van der Waals surface area contributed by atoms with Crippen LogP contribution in [-0.2, 0) is 11.3 Å². The number of amides is 1. The van der Waals surface area contributed by atoms with Crippen molar-refractivity contribution in [3.63, 3.8) is 0 Å². The summed E-state index contributed by atoms with van der Waals surface area (Å²) in [6, 6.07) is 13.7. The van der Waals surface area contributed by atoms with Gasteiger partial charge in [-0.1, -0.05) is 34.1 Å². The largest absolute Gasteiger partial charge is 0.494 e. The van der Waals surface area contributed by atoms with E-state index in [1.165, 1.54) is 0 Å². The van der Waals surface area contributed by atoms with Gasteiger partial charge in [0.25, 0.3) is 0 Å². The molecular formula is C21H28BrIN4O2. The maximum absolute atomic E-state index is 12.2. The number of rotatable bonds is 8. The van der Waals surface area contributed by atoms with Crippen LogP contribution in [0.3, 0.4) is 0 Å². The summed E-state index contributed by atoms with van der Waals surface area (Å²) < 4.78 is 6.62. The maximum atomic E-state index is 12.2. The predicted octanol–water partition coefficient (Wildman–Crippen LogP) is 4.47. The summed E-state index contributed by atoms with van der Waals surface area (Å²) in [5.41, 5.74) is 2.89. The average molecular weight is 575 g/mol. The van der Waals surface area contributed by atoms with E-state index in [0.29, 0.717) is 32.1 Å². The number of nitrogens with one attached hydrogen (secondary N) is 3. The molecule has 0 heterocycles. The lowest BCUT2D eigenvalue weighted by Gasteiger charge is -2.14. The van der Waals surface area contributed by atoms with Gasteiger partial charge in [-0.15, -0.1) is 24.0 Å². The molecule has 2 rings (SSSR count). The fraction of sp³-hybridized carbons (Fsp3) is 0.333. The molecule has 2 aromatic rings. The van der Waals surface area contributed by atoms with E-state index in [1.807, 2.05) is 56.3 Å². The SMILES string of the molecule is CCOc1ccccc1CNC(=NC)NCCC(=O)Nc1ccc(Br)cc1C.I. The fourth-order valence-electron chi connectivity index (χ4n) is 2.62. The van der Waals surface area contributed by atoms with E-state index in [1.54, 1.807) is 7.05 Å². The molecule has 0 fully saturated rings. The molecule has 8 heteroatoms. The van der Waals surface area contributed by atoms with Gasteiger partial charge in [-0.25, -0.2) is 0 Å². The van der Waals surface area contributed by atoms with Crippen molar-refractivity contribution in [2.75, 3.05) is 25.5 Å². The summed E-state index contributed by atoms with van der Waals surface area (Å²) in [5, 5.41) is 9.34. The zero-order valence-corrected chi connectivity index (χ0v) is 20.8. The van der Waals surface area contributed by atoms with Crippen LogP contribution < -0.4 is 20.7 Å². The third-order valence-corrected chi connectivity index (χ3v) is 4.54. The van der Waals surface area contributed by atoms with Crippen molar-refractivity contribution >= 4 is 57.5 Å². The van der Waals surface area contributed by atoms with Crippen LogP contribution in [0.1, 0.15) is 24.5 Å². The fourth-order valence-corrected chi connectivity index (χ4v) is 3.10. The number of hydrogen-bond acceptors (Lipinski definition) is 3. The molecule has 1 amide bonds. The number of para-hydroxylation sites is 1. The third-order valence-electron chi connectivity index (χ3n) is 4.05. The molecular weight excluding hydrogens is 547 g/mol. The minimum Gasteiger partial charge on any atom is -0.494 e. The van der Waals surface area contributed by atoms with Crippen LogP contribution in [0, 0.1) is 6.92 Å². The predicted molar refractivity (Wildman–Crippen MR) is 133 cm³/mol. The molecule has 0 saturated heterocycles. The Balaban J connectivity index is 0.00000420. The van der Waals surface area contributed by atoms with Crippen molar-refractivity contribution < 1.29 is 9.53 Å². The highest BCUT2D eigenvalue weighted by Crippen LogP contribution is 2.20. The number of aryl methyl sites for hydroxylation is 1. The van der Waals surface area contributed by atoms with Crippen molar-refractivity contribution in [1.29, 1.82) is 0 Å². The highest BCUT2D eigenvalue weighted by atomic mass is 127. The molecule has 2 aromatic carbocycles. The monoisotopic (exact) mass is 574 g/mol. The summed E-state index contributed by atoms with van der Waals surface area (Å²) in [6.07, 6.45) is 0.339. The van der Waals surface area contributed by atoms with Gasteiger partial charge >= 0.3 is 0 Å². The number of nitrogens with zero attached hydrogens (tertiary/aromatic N) is 1. The van der Waals surface area contributed by atoms with Crippen molar-refractivity contribution in [3.8, 4) is 5.75 Å².